The van der Waals surface area contributed by atoms with Crippen LogP contribution in [0.5, 0.6) is 0 Å². The van der Waals surface area contributed by atoms with Gasteiger partial charge in [-0.1, -0.05) is 32.9 Å². The van der Waals surface area contributed by atoms with Crippen LogP contribution in [-0.2, 0) is 6.42 Å². The summed E-state index contributed by atoms with van der Waals surface area (Å²) in [6, 6.07) is 13.9. The molecule has 0 heterocycles. The van der Waals surface area contributed by atoms with Crippen LogP contribution in [-0.4, -0.2) is 5.91 Å². The monoisotopic (exact) mass is 393 g/mol. The van der Waals surface area contributed by atoms with Gasteiger partial charge in [0.05, 0.1) is 0 Å². The van der Waals surface area contributed by atoms with E-state index in [1.807, 2.05) is 36.4 Å². The Hall–Kier alpha value is -1.36. The number of hydrogen-bond donors (Lipinski definition) is 1. The fourth-order valence-corrected chi connectivity index (χ4v) is 2.75. The van der Waals surface area contributed by atoms with Gasteiger partial charge in [0.1, 0.15) is 0 Å². The van der Waals surface area contributed by atoms with Gasteiger partial charge in [0, 0.05) is 14.8 Å². The van der Waals surface area contributed by atoms with Crippen molar-refractivity contribution in [3.05, 3.63) is 62.7 Å². The molecule has 2 nitrogen and oxygen atoms in total. The molecule has 1 N–H and O–H groups in total. The van der Waals surface area contributed by atoms with Gasteiger partial charge in [0.15, 0.2) is 0 Å². The van der Waals surface area contributed by atoms with E-state index in [-0.39, 0.29) is 5.91 Å². The Balaban J connectivity index is 2.18. The van der Waals surface area contributed by atoms with Crippen molar-refractivity contribution in [2.75, 3.05) is 5.32 Å². The average Bonchev–Trinajstić information content (AvgIpc) is 2.49. The van der Waals surface area contributed by atoms with Crippen molar-refractivity contribution >= 4 is 34.2 Å². The minimum absolute atomic E-state index is 0.0544. The first-order valence-electron chi connectivity index (χ1n) is 7.21. The van der Waals surface area contributed by atoms with Crippen LogP contribution in [0.2, 0.25) is 0 Å². The molecule has 0 radical (unpaired) electrons. The van der Waals surface area contributed by atoms with Crippen molar-refractivity contribution in [3.63, 3.8) is 0 Å². The van der Waals surface area contributed by atoms with E-state index in [2.05, 4.69) is 54.7 Å². The predicted molar refractivity (Wildman–Crippen MR) is 97.0 cm³/mol. The van der Waals surface area contributed by atoms with Gasteiger partial charge in [0.2, 0.25) is 0 Å². The van der Waals surface area contributed by atoms with Gasteiger partial charge in [-0.15, -0.1) is 0 Å². The SMILES string of the molecule is CCc1cc(I)ccc1NC(=O)c1ccc(C(C)C)cc1. The first kappa shape index (κ1) is 16.0. The third kappa shape index (κ3) is 4.06. The van der Waals surface area contributed by atoms with Crippen LogP contribution in [0.4, 0.5) is 5.69 Å². The van der Waals surface area contributed by atoms with Crippen molar-refractivity contribution in [3.8, 4) is 0 Å². The smallest absolute Gasteiger partial charge is 0.255 e. The van der Waals surface area contributed by atoms with E-state index in [1.165, 1.54) is 9.13 Å². The molecule has 0 saturated carbocycles. The predicted octanol–water partition coefficient (Wildman–Crippen LogP) is 5.23. The minimum Gasteiger partial charge on any atom is -0.322 e. The maximum absolute atomic E-state index is 12.3. The lowest BCUT2D eigenvalue weighted by molar-refractivity contribution is 0.102. The maximum Gasteiger partial charge on any atom is 0.255 e. The molecule has 2 aromatic carbocycles. The van der Waals surface area contributed by atoms with Crippen LogP contribution < -0.4 is 5.32 Å². The van der Waals surface area contributed by atoms with Gasteiger partial charge in [-0.3, -0.25) is 4.79 Å². The van der Waals surface area contributed by atoms with Crippen LogP contribution in [0.3, 0.4) is 0 Å². The largest absolute Gasteiger partial charge is 0.322 e. The molecule has 0 spiro atoms. The fraction of sp³-hybridized carbons (Fsp3) is 0.278. The van der Waals surface area contributed by atoms with Gasteiger partial charge < -0.3 is 5.32 Å². The van der Waals surface area contributed by atoms with E-state index in [4.69, 9.17) is 0 Å². The summed E-state index contributed by atoms with van der Waals surface area (Å²) in [5, 5.41) is 3.01. The summed E-state index contributed by atoms with van der Waals surface area (Å²) in [6.07, 6.45) is 0.902. The van der Waals surface area contributed by atoms with E-state index in [0.29, 0.717) is 11.5 Å². The van der Waals surface area contributed by atoms with Gasteiger partial charge in [-0.05, 0) is 76.4 Å². The lowest BCUT2D eigenvalue weighted by atomic mass is 10.0. The minimum atomic E-state index is -0.0544. The van der Waals surface area contributed by atoms with E-state index in [0.717, 1.165) is 17.7 Å². The second-order valence-electron chi connectivity index (χ2n) is 5.39. The van der Waals surface area contributed by atoms with Crippen molar-refractivity contribution in [1.82, 2.24) is 0 Å². The van der Waals surface area contributed by atoms with Crippen LogP contribution in [0, 0.1) is 3.57 Å². The highest BCUT2D eigenvalue weighted by atomic mass is 127. The molecule has 0 aliphatic rings. The number of anilines is 1. The zero-order valence-electron chi connectivity index (χ0n) is 12.6. The van der Waals surface area contributed by atoms with Gasteiger partial charge in [-0.2, -0.15) is 0 Å². The third-order valence-corrected chi connectivity index (χ3v) is 4.21. The Morgan fingerprint density at radius 1 is 1.14 bits per heavy atom. The van der Waals surface area contributed by atoms with E-state index < -0.39 is 0 Å². The number of halogens is 1. The van der Waals surface area contributed by atoms with Crippen LogP contribution in [0.25, 0.3) is 0 Å². The molecule has 110 valence electrons. The van der Waals surface area contributed by atoms with E-state index in [9.17, 15) is 4.79 Å². The number of carbonyl (C=O) groups excluding carboxylic acids is 1. The molecule has 1 amide bonds. The van der Waals surface area contributed by atoms with Crippen LogP contribution >= 0.6 is 22.6 Å². The lowest BCUT2D eigenvalue weighted by Gasteiger charge is -2.11. The first-order valence-corrected chi connectivity index (χ1v) is 8.29. The summed E-state index contributed by atoms with van der Waals surface area (Å²) in [7, 11) is 0. The third-order valence-electron chi connectivity index (χ3n) is 3.54. The summed E-state index contributed by atoms with van der Waals surface area (Å²) < 4.78 is 1.18. The number of aryl methyl sites for hydroxylation is 1. The van der Waals surface area contributed by atoms with Crippen LogP contribution in [0.1, 0.15) is 48.2 Å². The first-order chi connectivity index (χ1) is 10.0. The molecule has 3 heteroatoms. The number of benzene rings is 2. The summed E-state index contributed by atoms with van der Waals surface area (Å²) in [5.41, 5.74) is 4.00. The maximum atomic E-state index is 12.3. The van der Waals surface area contributed by atoms with Gasteiger partial charge >= 0.3 is 0 Å². The molecular weight excluding hydrogens is 373 g/mol. The summed E-state index contributed by atoms with van der Waals surface area (Å²) >= 11 is 2.29. The molecule has 21 heavy (non-hydrogen) atoms. The molecule has 0 saturated heterocycles. The molecule has 0 unspecified atom stereocenters. The average molecular weight is 393 g/mol. The van der Waals surface area contributed by atoms with Gasteiger partial charge in [-0.25, -0.2) is 0 Å². The normalized spacial score (nSPS) is 10.7. The van der Waals surface area contributed by atoms with Crippen molar-refractivity contribution in [2.24, 2.45) is 0 Å². The van der Waals surface area contributed by atoms with Gasteiger partial charge in [0.25, 0.3) is 5.91 Å². The zero-order valence-corrected chi connectivity index (χ0v) is 14.8. The summed E-state index contributed by atoms with van der Waals surface area (Å²) in [5.74, 6) is 0.422. The zero-order chi connectivity index (χ0) is 15.4. The van der Waals surface area contributed by atoms with E-state index in [1.54, 1.807) is 0 Å². The number of hydrogen-bond acceptors (Lipinski definition) is 1. The second kappa shape index (κ2) is 7.07. The summed E-state index contributed by atoms with van der Waals surface area (Å²) in [6.45, 7) is 6.39. The number of amides is 1. The highest BCUT2D eigenvalue weighted by Gasteiger charge is 2.09. The highest BCUT2D eigenvalue weighted by Crippen LogP contribution is 2.21. The molecule has 0 fully saturated rings. The van der Waals surface area contributed by atoms with Crippen LogP contribution in [0.15, 0.2) is 42.5 Å². The van der Waals surface area contributed by atoms with Crippen molar-refractivity contribution in [2.45, 2.75) is 33.1 Å². The number of carbonyl (C=O) groups is 1. The van der Waals surface area contributed by atoms with Crippen molar-refractivity contribution < 1.29 is 4.79 Å². The lowest BCUT2D eigenvalue weighted by Crippen LogP contribution is -2.13. The number of rotatable bonds is 4. The molecule has 0 aliphatic carbocycles. The topological polar surface area (TPSA) is 29.1 Å². The Morgan fingerprint density at radius 3 is 2.38 bits per heavy atom. The second-order valence-corrected chi connectivity index (χ2v) is 6.63. The number of nitrogens with one attached hydrogen (secondary N) is 1. The standard InChI is InChI=1S/C18H20INO/c1-4-13-11-16(19)9-10-17(13)20-18(21)15-7-5-14(6-8-15)12(2)3/h5-12H,4H2,1-3H3,(H,20,21). The molecule has 0 atom stereocenters. The Bertz CT molecular complexity index is 632. The Kier molecular flexibility index (Phi) is 5.39. The van der Waals surface area contributed by atoms with E-state index >= 15 is 0 Å². The fourth-order valence-electron chi connectivity index (χ4n) is 2.19. The highest BCUT2D eigenvalue weighted by molar-refractivity contribution is 14.1. The summed E-state index contributed by atoms with van der Waals surface area (Å²) in [4.78, 5) is 12.3. The Morgan fingerprint density at radius 2 is 1.81 bits per heavy atom. The molecule has 0 aliphatic heterocycles. The van der Waals surface area contributed by atoms with Crippen molar-refractivity contribution in [1.29, 1.82) is 0 Å². The molecule has 2 aromatic rings. The molecule has 0 bridgehead atoms. The molecule has 0 aromatic heterocycles. The molecule has 2 rings (SSSR count). The quantitative estimate of drug-likeness (QED) is 0.709. The Labute approximate surface area is 140 Å². The molecular formula is C18H20INO.